The molecular weight excluding hydrogens is 412 g/mol. The number of halogens is 1. The number of thiophene rings is 1. The fraction of sp³-hybridized carbons (Fsp3) is 0.100. The van der Waals surface area contributed by atoms with Gasteiger partial charge in [0.2, 0.25) is 0 Å². The number of carbonyl (C=O) groups excluding carboxylic acids is 1. The Hall–Kier alpha value is -2.44. The van der Waals surface area contributed by atoms with Crippen molar-refractivity contribution in [3.8, 4) is 0 Å². The normalized spacial score (nSPS) is 11.0. The number of aryl methyl sites for hydroxylation is 1. The van der Waals surface area contributed by atoms with Gasteiger partial charge in [0.1, 0.15) is 11.4 Å². The molecule has 1 aromatic carbocycles. The quantitative estimate of drug-likeness (QED) is 0.413. The first-order valence-electron chi connectivity index (χ1n) is 8.07. The van der Waals surface area contributed by atoms with Crippen molar-refractivity contribution in [1.29, 1.82) is 0 Å². The lowest BCUT2D eigenvalue weighted by Gasteiger charge is -2.20. The van der Waals surface area contributed by atoms with Gasteiger partial charge in [0.05, 0.1) is 6.54 Å². The lowest BCUT2D eigenvalue weighted by Crippen LogP contribution is -2.31. The first kappa shape index (κ1) is 17.0. The highest BCUT2D eigenvalue weighted by Crippen LogP contribution is 2.30. The van der Waals surface area contributed by atoms with E-state index in [0.717, 1.165) is 20.3 Å². The van der Waals surface area contributed by atoms with Crippen molar-refractivity contribution in [2.75, 3.05) is 4.90 Å². The van der Waals surface area contributed by atoms with Crippen LogP contribution in [0, 0.1) is 6.92 Å². The van der Waals surface area contributed by atoms with Crippen molar-refractivity contribution >= 4 is 50.0 Å². The van der Waals surface area contributed by atoms with Crippen molar-refractivity contribution in [3.05, 3.63) is 80.8 Å². The van der Waals surface area contributed by atoms with E-state index in [1.165, 1.54) is 0 Å². The molecule has 0 saturated carbocycles. The molecule has 0 atom stereocenters. The summed E-state index contributed by atoms with van der Waals surface area (Å²) in [6.07, 6.45) is 1.69. The molecule has 26 heavy (non-hydrogen) atoms. The number of amides is 1. The lowest BCUT2D eigenvalue weighted by atomic mass is 10.1. The minimum atomic E-state index is -0.193. The van der Waals surface area contributed by atoms with Gasteiger partial charge in [0.15, 0.2) is 5.76 Å². The Bertz CT molecular complexity index is 1060. The first-order chi connectivity index (χ1) is 12.6. The number of hydrogen-bond donors (Lipinski definition) is 0. The summed E-state index contributed by atoms with van der Waals surface area (Å²) in [7, 11) is 0. The third-order valence-electron chi connectivity index (χ3n) is 4.16. The van der Waals surface area contributed by atoms with Crippen molar-refractivity contribution in [3.63, 3.8) is 0 Å². The molecule has 0 aliphatic rings. The smallest absolute Gasteiger partial charge is 0.295 e. The van der Waals surface area contributed by atoms with Gasteiger partial charge < -0.3 is 4.42 Å². The number of anilines is 1. The average molecular weight is 427 g/mol. The summed E-state index contributed by atoms with van der Waals surface area (Å²) in [5.41, 5.74) is 1.53. The number of aromatic nitrogens is 1. The second-order valence-electron chi connectivity index (χ2n) is 5.86. The Kier molecular flexibility index (Phi) is 4.61. The molecule has 4 rings (SSSR count). The fourth-order valence-corrected chi connectivity index (χ4v) is 3.90. The van der Waals surface area contributed by atoms with Crippen LogP contribution in [0.25, 0.3) is 11.0 Å². The number of fused-ring (bicyclic) bond motifs is 1. The van der Waals surface area contributed by atoms with Crippen LogP contribution in [0.5, 0.6) is 0 Å². The molecule has 0 spiro atoms. The average Bonchev–Trinajstić information content (AvgIpc) is 3.28. The van der Waals surface area contributed by atoms with Gasteiger partial charge in [0, 0.05) is 26.5 Å². The molecule has 3 heterocycles. The monoisotopic (exact) mass is 426 g/mol. The molecule has 0 fully saturated rings. The zero-order valence-corrected chi connectivity index (χ0v) is 16.4. The Balaban J connectivity index is 1.78. The van der Waals surface area contributed by atoms with E-state index in [1.807, 2.05) is 60.8 Å². The maximum Gasteiger partial charge on any atom is 0.295 e. The topological polar surface area (TPSA) is 46.3 Å². The summed E-state index contributed by atoms with van der Waals surface area (Å²) in [4.78, 5) is 20.4. The minimum Gasteiger partial charge on any atom is -0.451 e. The third-order valence-corrected chi connectivity index (χ3v) is 5.51. The molecule has 0 N–H and O–H groups in total. The number of carbonyl (C=O) groups is 1. The minimum absolute atomic E-state index is 0.193. The van der Waals surface area contributed by atoms with Crippen LogP contribution in [0.1, 0.15) is 21.0 Å². The van der Waals surface area contributed by atoms with E-state index in [1.54, 1.807) is 22.4 Å². The van der Waals surface area contributed by atoms with Gasteiger partial charge in [-0.25, -0.2) is 4.98 Å². The fourth-order valence-electron chi connectivity index (χ4n) is 2.85. The van der Waals surface area contributed by atoms with Gasteiger partial charge in [-0.3, -0.25) is 9.69 Å². The Labute approximate surface area is 163 Å². The molecule has 0 bridgehead atoms. The van der Waals surface area contributed by atoms with E-state index >= 15 is 0 Å². The third kappa shape index (κ3) is 3.18. The maximum absolute atomic E-state index is 13.3. The van der Waals surface area contributed by atoms with Crippen molar-refractivity contribution in [2.24, 2.45) is 0 Å². The molecule has 0 radical (unpaired) electrons. The number of benzene rings is 1. The van der Waals surface area contributed by atoms with Crippen molar-refractivity contribution < 1.29 is 9.21 Å². The van der Waals surface area contributed by atoms with E-state index in [2.05, 4.69) is 20.9 Å². The van der Waals surface area contributed by atoms with Crippen LogP contribution < -0.4 is 4.90 Å². The summed E-state index contributed by atoms with van der Waals surface area (Å²) in [6, 6.07) is 15.3. The summed E-state index contributed by atoms with van der Waals surface area (Å²) in [5.74, 6) is 0.758. The second-order valence-corrected chi connectivity index (χ2v) is 7.80. The van der Waals surface area contributed by atoms with Crippen molar-refractivity contribution in [1.82, 2.24) is 4.98 Å². The highest BCUT2D eigenvalue weighted by atomic mass is 79.9. The van der Waals surface area contributed by atoms with E-state index in [-0.39, 0.29) is 5.91 Å². The molecule has 6 heteroatoms. The highest BCUT2D eigenvalue weighted by Gasteiger charge is 2.25. The number of pyridine rings is 1. The van der Waals surface area contributed by atoms with Gasteiger partial charge in [-0.1, -0.05) is 28.1 Å². The predicted octanol–water partition coefficient (Wildman–Crippen LogP) is 5.81. The molecule has 0 saturated heterocycles. The van der Waals surface area contributed by atoms with Gasteiger partial charge in [-0.15, -0.1) is 11.3 Å². The summed E-state index contributed by atoms with van der Waals surface area (Å²) in [6.45, 7) is 2.36. The van der Waals surface area contributed by atoms with Crippen LogP contribution in [0.3, 0.4) is 0 Å². The number of furan rings is 1. The number of hydrogen-bond acceptors (Lipinski definition) is 4. The SMILES string of the molecule is Cc1c(C(=O)N(Cc2cccs2)c2ccccn2)oc2ccc(Br)cc12. The van der Waals surface area contributed by atoms with E-state index in [9.17, 15) is 4.79 Å². The summed E-state index contributed by atoms with van der Waals surface area (Å²) >= 11 is 5.08. The largest absolute Gasteiger partial charge is 0.451 e. The molecule has 1 amide bonds. The van der Waals surface area contributed by atoms with Gasteiger partial charge >= 0.3 is 0 Å². The summed E-state index contributed by atoms with van der Waals surface area (Å²) in [5, 5.41) is 2.93. The zero-order chi connectivity index (χ0) is 18.1. The molecular formula is C20H15BrN2O2S. The molecule has 130 valence electrons. The van der Waals surface area contributed by atoms with Crippen LogP contribution in [-0.2, 0) is 6.54 Å². The molecule has 4 nitrogen and oxygen atoms in total. The summed E-state index contributed by atoms with van der Waals surface area (Å²) < 4.78 is 6.85. The Morgan fingerprint density at radius 1 is 1.23 bits per heavy atom. The maximum atomic E-state index is 13.3. The molecule has 0 aliphatic carbocycles. The van der Waals surface area contributed by atoms with E-state index < -0.39 is 0 Å². The van der Waals surface area contributed by atoms with E-state index in [4.69, 9.17) is 4.42 Å². The van der Waals surface area contributed by atoms with Crippen molar-refractivity contribution in [2.45, 2.75) is 13.5 Å². The molecule has 4 aromatic rings. The second kappa shape index (κ2) is 7.05. The van der Waals surface area contributed by atoms with Crippen LogP contribution in [0.4, 0.5) is 5.82 Å². The lowest BCUT2D eigenvalue weighted by molar-refractivity contribution is 0.0959. The van der Waals surface area contributed by atoms with Crippen LogP contribution >= 0.6 is 27.3 Å². The van der Waals surface area contributed by atoms with Gasteiger partial charge in [-0.05, 0) is 48.7 Å². The molecule has 0 unspecified atom stereocenters. The Morgan fingerprint density at radius 2 is 2.12 bits per heavy atom. The van der Waals surface area contributed by atoms with E-state index in [0.29, 0.717) is 23.7 Å². The van der Waals surface area contributed by atoms with Gasteiger partial charge in [-0.2, -0.15) is 0 Å². The standard InChI is InChI=1S/C20H15BrN2O2S/c1-13-16-11-14(21)7-8-17(16)25-19(13)20(24)23(12-15-5-4-10-26-15)18-6-2-3-9-22-18/h2-11H,12H2,1H3. The first-order valence-corrected chi connectivity index (χ1v) is 9.74. The molecule has 3 aromatic heterocycles. The van der Waals surface area contributed by atoms with Crippen LogP contribution in [0.2, 0.25) is 0 Å². The molecule has 0 aliphatic heterocycles. The zero-order valence-electron chi connectivity index (χ0n) is 14.0. The number of rotatable bonds is 4. The predicted molar refractivity (Wildman–Crippen MR) is 108 cm³/mol. The van der Waals surface area contributed by atoms with Crippen LogP contribution in [0.15, 0.2) is 69.0 Å². The van der Waals surface area contributed by atoms with Gasteiger partial charge in [0.25, 0.3) is 5.91 Å². The number of nitrogens with zero attached hydrogens (tertiary/aromatic N) is 2. The van der Waals surface area contributed by atoms with Crippen LogP contribution in [-0.4, -0.2) is 10.9 Å². The Morgan fingerprint density at radius 3 is 2.85 bits per heavy atom. The highest BCUT2D eigenvalue weighted by molar-refractivity contribution is 9.10.